The van der Waals surface area contributed by atoms with Crippen molar-refractivity contribution >= 4 is 11.6 Å². The van der Waals surface area contributed by atoms with Gasteiger partial charge in [-0.1, -0.05) is 18.2 Å². The van der Waals surface area contributed by atoms with E-state index in [2.05, 4.69) is 10.3 Å². The summed E-state index contributed by atoms with van der Waals surface area (Å²) in [7, 11) is 1.59. The summed E-state index contributed by atoms with van der Waals surface area (Å²) in [5, 5.41) is 2.83. The van der Waals surface area contributed by atoms with Crippen LogP contribution in [0.25, 0.3) is 5.65 Å². The van der Waals surface area contributed by atoms with Crippen molar-refractivity contribution in [1.82, 2.24) is 14.7 Å². The third-order valence-corrected chi connectivity index (χ3v) is 4.39. The quantitative estimate of drug-likeness (QED) is 0.663. The van der Waals surface area contributed by atoms with Gasteiger partial charge in [0.05, 0.1) is 12.3 Å². The van der Waals surface area contributed by atoms with Gasteiger partial charge in [0, 0.05) is 38.4 Å². The molecule has 1 aromatic carbocycles. The molecule has 0 saturated carbocycles. The summed E-state index contributed by atoms with van der Waals surface area (Å²) in [6.45, 7) is 2.88. The lowest BCUT2D eigenvalue weighted by atomic mass is 9.92. The highest BCUT2D eigenvalue weighted by molar-refractivity contribution is 5.77. The maximum Gasteiger partial charge on any atom is 0.221 e. The molecule has 3 aromatic rings. The Morgan fingerprint density at radius 2 is 2.19 bits per heavy atom. The fourth-order valence-electron chi connectivity index (χ4n) is 3.09. The minimum absolute atomic E-state index is 0.112. The molecular formula is C20H22FN3O2. The van der Waals surface area contributed by atoms with E-state index in [1.807, 2.05) is 35.7 Å². The fourth-order valence-corrected chi connectivity index (χ4v) is 3.09. The molecule has 136 valence electrons. The Bertz CT molecular complexity index is 907. The van der Waals surface area contributed by atoms with Gasteiger partial charge in [-0.25, -0.2) is 9.37 Å². The maximum absolute atomic E-state index is 13.8. The summed E-state index contributed by atoms with van der Waals surface area (Å²) >= 11 is 0. The Morgan fingerprint density at radius 1 is 1.35 bits per heavy atom. The van der Waals surface area contributed by atoms with Gasteiger partial charge in [-0.15, -0.1) is 0 Å². The second-order valence-corrected chi connectivity index (χ2v) is 6.22. The number of hydrogen-bond acceptors (Lipinski definition) is 3. The third kappa shape index (κ3) is 3.91. The lowest BCUT2D eigenvalue weighted by Crippen LogP contribution is -2.28. The zero-order valence-electron chi connectivity index (χ0n) is 14.9. The molecule has 1 N–H and O–H groups in total. The zero-order valence-corrected chi connectivity index (χ0v) is 14.9. The predicted octanol–water partition coefficient (Wildman–Crippen LogP) is 3.07. The Kier molecular flexibility index (Phi) is 5.63. The molecule has 0 radical (unpaired) electrons. The van der Waals surface area contributed by atoms with E-state index in [1.165, 1.54) is 12.1 Å². The number of aryl methyl sites for hydroxylation is 1. The number of halogens is 1. The van der Waals surface area contributed by atoms with E-state index in [0.717, 1.165) is 22.5 Å². The van der Waals surface area contributed by atoms with Gasteiger partial charge in [-0.2, -0.15) is 0 Å². The van der Waals surface area contributed by atoms with Gasteiger partial charge in [0.1, 0.15) is 11.5 Å². The molecule has 3 rings (SSSR count). The molecule has 6 heteroatoms. The monoisotopic (exact) mass is 355 g/mol. The van der Waals surface area contributed by atoms with Crippen LogP contribution in [0.15, 0.2) is 48.8 Å². The van der Waals surface area contributed by atoms with E-state index in [-0.39, 0.29) is 24.1 Å². The highest BCUT2D eigenvalue weighted by Gasteiger charge is 2.22. The molecule has 2 heterocycles. The van der Waals surface area contributed by atoms with Crippen LogP contribution < -0.4 is 5.32 Å². The van der Waals surface area contributed by atoms with E-state index in [0.29, 0.717) is 13.2 Å². The molecule has 1 atom stereocenters. The second kappa shape index (κ2) is 8.10. The molecule has 0 saturated heterocycles. The van der Waals surface area contributed by atoms with Crippen LogP contribution in [0.4, 0.5) is 4.39 Å². The van der Waals surface area contributed by atoms with Crippen LogP contribution in [0.1, 0.15) is 29.2 Å². The van der Waals surface area contributed by atoms with Gasteiger partial charge in [0.2, 0.25) is 5.91 Å². The molecule has 0 fully saturated rings. The molecule has 2 aromatic heterocycles. The fraction of sp³-hybridized carbons (Fsp3) is 0.300. The first-order chi connectivity index (χ1) is 12.6. The molecule has 1 unspecified atom stereocenters. The number of carbonyl (C=O) groups excluding carboxylic acids is 1. The van der Waals surface area contributed by atoms with Gasteiger partial charge in [0.25, 0.3) is 0 Å². The summed E-state index contributed by atoms with van der Waals surface area (Å²) in [4.78, 5) is 16.9. The van der Waals surface area contributed by atoms with Crippen LogP contribution in [0.2, 0.25) is 0 Å². The van der Waals surface area contributed by atoms with E-state index >= 15 is 0 Å². The summed E-state index contributed by atoms with van der Waals surface area (Å²) in [5.74, 6) is -0.735. The van der Waals surface area contributed by atoms with Gasteiger partial charge in [-0.05, 0) is 36.2 Å². The molecule has 0 aliphatic heterocycles. The SMILES string of the molecule is COCCNC(=O)CC(c1cccc(F)c1)c1cnc2c(C)cccn12. The molecule has 0 spiro atoms. The maximum atomic E-state index is 13.8. The van der Waals surface area contributed by atoms with Crippen LogP contribution in [-0.4, -0.2) is 35.6 Å². The lowest BCUT2D eigenvalue weighted by Gasteiger charge is -2.17. The number of aromatic nitrogens is 2. The number of ether oxygens (including phenoxy) is 1. The number of imidazole rings is 1. The van der Waals surface area contributed by atoms with Crippen LogP contribution in [0, 0.1) is 12.7 Å². The van der Waals surface area contributed by atoms with E-state index < -0.39 is 0 Å². The standard InChI is InChI=1S/C20H22FN3O2/c1-14-5-4-9-24-18(13-23-20(14)24)17(12-19(25)22-8-10-26-2)15-6-3-7-16(21)11-15/h3-7,9,11,13,17H,8,10,12H2,1-2H3,(H,22,25). The van der Waals surface area contributed by atoms with Crippen molar-refractivity contribution in [2.45, 2.75) is 19.3 Å². The molecule has 0 aliphatic carbocycles. The normalized spacial score (nSPS) is 12.3. The van der Waals surface area contributed by atoms with Crippen LogP contribution >= 0.6 is 0 Å². The number of pyridine rings is 1. The molecule has 26 heavy (non-hydrogen) atoms. The number of fused-ring (bicyclic) bond motifs is 1. The van der Waals surface area contributed by atoms with E-state index in [1.54, 1.807) is 19.4 Å². The van der Waals surface area contributed by atoms with Crippen molar-refractivity contribution in [3.63, 3.8) is 0 Å². The summed E-state index contributed by atoms with van der Waals surface area (Å²) in [6, 6.07) is 10.3. The lowest BCUT2D eigenvalue weighted by molar-refractivity contribution is -0.121. The van der Waals surface area contributed by atoms with Crippen LogP contribution in [0.5, 0.6) is 0 Å². The van der Waals surface area contributed by atoms with Gasteiger partial charge < -0.3 is 14.5 Å². The summed E-state index contributed by atoms with van der Waals surface area (Å²) < 4.78 is 20.7. The first-order valence-electron chi connectivity index (χ1n) is 8.54. The number of carbonyl (C=O) groups is 1. The topological polar surface area (TPSA) is 55.6 Å². The van der Waals surface area contributed by atoms with E-state index in [4.69, 9.17) is 4.74 Å². The number of hydrogen-bond donors (Lipinski definition) is 1. The average molecular weight is 355 g/mol. The summed E-state index contributed by atoms with van der Waals surface area (Å²) in [5.41, 5.74) is 3.48. The molecule has 0 bridgehead atoms. The highest BCUT2D eigenvalue weighted by Crippen LogP contribution is 2.29. The van der Waals surface area contributed by atoms with Gasteiger partial charge in [0.15, 0.2) is 0 Å². The van der Waals surface area contributed by atoms with Crippen molar-refractivity contribution in [2.24, 2.45) is 0 Å². The number of methoxy groups -OCH3 is 1. The van der Waals surface area contributed by atoms with E-state index in [9.17, 15) is 9.18 Å². The smallest absolute Gasteiger partial charge is 0.221 e. The number of benzene rings is 1. The Balaban J connectivity index is 1.97. The van der Waals surface area contributed by atoms with Gasteiger partial charge in [-0.3, -0.25) is 4.79 Å². The molecule has 5 nitrogen and oxygen atoms in total. The summed E-state index contributed by atoms with van der Waals surface area (Å²) in [6.07, 6.45) is 3.88. The van der Waals surface area contributed by atoms with Crippen molar-refractivity contribution in [3.8, 4) is 0 Å². The van der Waals surface area contributed by atoms with Crippen molar-refractivity contribution < 1.29 is 13.9 Å². The highest BCUT2D eigenvalue weighted by atomic mass is 19.1. The number of rotatable bonds is 7. The first kappa shape index (κ1) is 18.1. The average Bonchev–Trinajstić information content (AvgIpc) is 3.05. The number of nitrogens with zero attached hydrogens (tertiary/aromatic N) is 2. The largest absolute Gasteiger partial charge is 0.383 e. The third-order valence-electron chi connectivity index (χ3n) is 4.39. The Labute approximate surface area is 151 Å². The minimum atomic E-state index is -0.322. The van der Waals surface area contributed by atoms with Crippen molar-refractivity contribution in [3.05, 3.63) is 71.4 Å². The minimum Gasteiger partial charge on any atom is -0.383 e. The van der Waals surface area contributed by atoms with Crippen molar-refractivity contribution in [2.75, 3.05) is 20.3 Å². The Hall–Kier alpha value is -2.73. The zero-order chi connectivity index (χ0) is 18.5. The van der Waals surface area contributed by atoms with Gasteiger partial charge >= 0.3 is 0 Å². The molecule has 0 aliphatic rings. The molecule has 1 amide bonds. The predicted molar refractivity (Wildman–Crippen MR) is 97.7 cm³/mol. The van der Waals surface area contributed by atoms with Crippen LogP contribution in [-0.2, 0) is 9.53 Å². The van der Waals surface area contributed by atoms with Crippen molar-refractivity contribution in [1.29, 1.82) is 0 Å². The van der Waals surface area contributed by atoms with Crippen LogP contribution in [0.3, 0.4) is 0 Å². The number of nitrogens with one attached hydrogen (secondary N) is 1. The Morgan fingerprint density at radius 3 is 2.96 bits per heavy atom. The first-order valence-corrected chi connectivity index (χ1v) is 8.54. The molecular weight excluding hydrogens is 333 g/mol. The second-order valence-electron chi connectivity index (χ2n) is 6.22. The number of amides is 1.